The minimum absolute atomic E-state index is 0.00315. The van der Waals surface area contributed by atoms with Crippen LogP contribution in [0.2, 0.25) is 0 Å². The van der Waals surface area contributed by atoms with Crippen LogP contribution in [0, 0.1) is 23.1 Å². The second kappa shape index (κ2) is 8.08. The van der Waals surface area contributed by atoms with Gasteiger partial charge in [-0.3, -0.25) is 5.41 Å². The van der Waals surface area contributed by atoms with Crippen molar-refractivity contribution < 1.29 is 13.9 Å². The minimum atomic E-state index is -0.665. The smallest absolute Gasteiger partial charge is 0.337 e. The van der Waals surface area contributed by atoms with E-state index in [9.17, 15) is 9.18 Å². The molecule has 2 aromatic rings. The third-order valence-electron chi connectivity index (χ3n) is 3.55. The first-order valence-corrected chi connectivity index (χ1v) is 7.49. The number of esters is 1. The molecule has 2 aromatic carbocycles. The molecule has 0 radical (unpaired) electrons. The maximum Gasteiger partial charge on any atom is 0.337 e. The molecule has 2 rings (SSSR count). The van der Waals surface area contributed by atoms with Gasteiger partial charge >= 0.3 is 5.97 Å². The topological polar surface area (TPSA) is 88.2 Å². The van der Waals surface area contributed by atoms with Crippen LogP contribution in [0.1, 0.15) is 27.0 Å². The quantitative estimate of drug-likeness (QED) is 0.453. The Kier molecular flexibility index (Phi) is 5.88. The monoisotopic (exact) mass is 339 g/mol. The molecule has 0 fully saturated rings. The molecular weight excluding hydrogens is 321 g/mol. The Hall–Kier alpha value is -3.17. The van der Waals surface area contributed by atoms with Crippen molar-refractivity contribution in [2.75, 3.05) is 26.0 Å². The van der Waals surface area contributed by atoms with Gasteiger partial charge in [0.2, 0.25) is 0 Å². The molecule has 6 heteroatoms. The number of carbonyl (C=O) groups excluding carboxylic acids is 1. The largest absolute Gasteiger partial charge is 0.465 e. The van der Waals surface area contributed by atoms with Crippen LogP contribution in [0.3, 0.4) is 0 Å². The highest BCUT2D eigenvalue weighted by Gasteiger charge is 2.16. The Morgan fingerprint density at radius 3 is 2.60 bits per heavy atom. The second-order valence-corrected chi connectivity index (χ2v) is 5.08. The van der Waals surface area contributed by atoms with Gasteiger partial charge in [0.25, 0.3) is 0 Å². The highest BCUT2D eigenvalue weighted by atomic mass is 19.1. The van der Waals surface area contributed by atoms with Crippen LogP contribution in [0.15, 0.2) is 36.4 Å². The average molecular weight is 339 g/mol. The van der Waals surface area contributed by atoms with E-state index in [1.165, 1.54) is 19.2 Å². The number of benzene rings is 2. The maximum absolute atomic E-state index is 14.4. The van der Waals surface area contributed by atoms with E-state index in [1.54, 1.807) is 25.2 Å². The summed E-state index contributed by atoms with van der Waals surface area (Å²) < 4.78 is 18.9. The standard InChI is InChI=1S/C19H18FN3O2/c1-23-17-10-12(4-3-9-21)5-7-15(17)18(22)14-8-6-13(11-16(14)20)19(24)25-2/h5-8,10-11,22-23H,9,21H2,1-2H3. The molecule has 0 amide bonds. The molecule has 5 nitrogen and oxygen atoms in total. The third kappa shape index (κ3) is 4.03. The highest BCUT2D eigenvalue weighted by molar-refractivity contribution is 6.14. The van der Waals surface area contributed by atoms with E-state index in [1.807, 2.05) is 0 Å². The van der Waals surface area contributed by atoms with Crippen molar-refractivity contribution in [1.82, 2.24) is 0 Å². The van der Waals surface area contributed by atoms with Crippen LogP contribution >= 0.6 is 0 Å². The lowest BCUT2D eigenvalue weighted by atomic mass is 9.97. The lowest BCUT2D eigenvalue weighted by Crippen LogP contribution is -2.10. The van der Waals surface area contributed by atoms with E-state index >= 15 is 0 Å². The second-order valence-electron chi connectivity index (χ2n) is 5.08. The molecule has 0 saturated carbocycles. The van der Waals surface area contributed by atoms with E-state index < -0.39 is 11.8 Å². The van der Waals surface area contributed by atoms with Gasteiger partial charge in [0.1, 0.15) is 5.82 Å². The molecule has 0 aliphatic heterocycles. The third-order valence-corrected chi connectivity index (χ3v) is 3.55. The fraction of sp³-hybridized carbons (Fsp3) is 0.158. The normalized spacial score (nSPS) is 9.76. The molecule has 4 N–H and O–H groups in total. The highest BCUT2D eigenvalue weighted by Crippen LogP contribution is 2.23. The summed E-state index contributed by atoms with van der Waals surface area (Å²) in [5, 5.41) is 11.3. The number of nitrogens with two attached hydrogens (primary N) is 1. The van der Waals surface area contributed by atoms with Crippen LogP contribution in [0.5, 0.6) is 0 Å². The van der Waals surface area contributed by atoms with Crippen molar-refractivity contribution in [2.45, 2.75) is 0 Å². The molecule has 0 unspecified atom stereocenters. The van der Waals surface area contributed by atoms with E-state index in [-0.39, 0.29) is 23.4 Å². The molecular formula is C19H18FN3O2. The van der Waals surface area contributed by atoms with Gasteiger partial charge in [-0.15, -0.1) is 0 Å². The predicted octanol–water partition coefficient (Wildman–Crippen LogP) is 2.38. The fourth-order valence-corrected chi connectivity index (χ4v) is 2.31. The summed E-state index contributed by atoms with van der Waals surface area (Å²) in [5.74, 6) is 4.38. The molecule has 0 bridgehead atoms. The summed E-state index contributed by atoms with van der Waals surface area (Å²) in [6.07, 6.45) is 0. The van der Waals surface area contributed by atoms with Crippen LogP contribution in [0.4, 0.5) is 10.1 Å². The number of carbonyl (C=O) groups is 1. The van der Waals surface area contributed by atoms with E-state index in [0.717, 1.165) is 11.6 Å². The van der Waals surface area contributed by atoms with Crippen LogP contribution in [-0.2, 0) is 4.74 Å². The van der Waals surface area contributed by atoms with Gasteiger partial charge in [0.15, 0.2) is 0 Å². The molecule has 0 atom stereocenters. The summed E-state index contributed by atoms with van der Waals surface area (Å²) in [6.45, 7) is 0.254. The molecule has 128 valence electrons. The number of nitrogens with one attached hydrogen (secondary N) is 2. The van der Waals surface area contributed by atoms with Gasteiger partial charge in [-0.2, -0.15) is 0 Å². The van der Waals surface area contributed by atoms with Crippen LogP contribution in [0.25, 0.3) is 0 Å². The molecule has 0 heterocycles. The zero-order valence-corrected chi connectivity index (χ0v) is 13.9. The van der Waals surface area contributed by atoms with Crippen LogP contribution in [-0.4, -0.2) is 32.4 Å². The Balaban J connectivity index is 2.42. The van der Waals surface area contributed by atoms with Crippen molar-refractivity contribution in [3.63, 3.8) is 0 Å². The van der Waals surface area contributed by atoms with Crippen LogP contribution < -0.4 is 11.1 Å². The number of hydrogen-bond donors (Lipinski definition) is 3. The number of methoxy groups -OCH3 is 1. The summed E-state index contributed by atoms with van der Waals surface area (Å²) in [7, 11) is 2.94. The average Bonchev–Trinajstić information content (AvgIpc) is 2.64. The Morgan fingerprint density at radius 2 is 2.00 bits per heavy atom. The fourth-order valence-electron chi connectivity index (χ4n) is 2.31. The van der Waals surface area contributed by atoms with Gasteiger partial charge in [-0.25, -0.2) is 9.18 Å². The zero-order chi connectivity index (χ0) is 18.4. The first-order valence-electron chi connectivity index (χ1n) is 7.49. The summed E-state index contributed by atoms with van der Waals surface area (Å²) in [5.41, 5.74) is 7.45. The molecule has 0 aliphatic carbocycles. The number of halogens is 1. The van der Waals surface area contributed by atoms with Crippen molar-refractivity contribution in [3.05, 3.63) is 64.5 Å². The van der Waals surface area contributed by atoms with E-state index in [4.69, 9.17) is 11.1 Å². The van der Waals surface area contributed by atoms with Crippen molar-refractivity contribution >= 4 is 17.4 Å². The SMILES string of the molecule is CNc1cc(C#CCN)ccc1C(=N)c1ccc(C(=O)OC)cc1F. The molecule has 25 heavy (non-hydrogen) atoms. The van der Waals surface area contributed by atoms with Gasteiger partial charge < -0.3 is 15.8 Å². The minimum Gasteiger partial charge on any atom is -0.465 e. The predicted molar refractivity (Wildman–Crippen MR) is 95.6 cm³/mol. The van der Waals surface area contributed by atoms with Crippen molar-refractivity contribution in [1.29, 1.82) is 5.41 Å². The number of anilines is 1. The number of rotatable bonds is 4. The summed E-state index contributed by atoms with van der Waals surface area (Å²) in [6, 6.07) is 9.10. The number of ether oxygens (including phenoxy) is 1. The summed E-state index contributed by atoms with van der Waals surface area (Å²) >= 11 is 0. The Morgan fingerprint density at radius 1 is 1.28 bits per heavy atom. The summed E-state index contributed by atoms with van der Waals surface area (Å²) in [4.78, 5) is 11.5. The van der Waals surface area contributed by atoms with Crippen molar-refractivity contribution in [3.8, 4) is 11.8 Å². The molecule has 0 aromatic heterocycles. The molecule has 0 spiro atoms. The van der Waals surface area contributed by atoms with E-state index in [0.29, 0.717) is 11.3 Å². The number of hydrogen-bond acceptors (Lipinski definition) is 5. The molecule has 0 saturated heterocycles. The van der Waals surface area contributed by atoms with Gasteiger partial charge in [-0.1, -0.05) is 11.8 Å². The lowest BCUT2D eigenvalue weighted by Gasteiger charge is -2.12. The van der Waals surface area contributed by atoms with Gasteiger partial charge in [0.05, 0.1) is 24.9 Å². The Labute approximate surface area is 145 Å². The van der Waals surface area contributed by atoms with Crippen molar-refractivity contribution in [2.24, 2.45) is 5.73 Å². The lowest BCUT2D eigenvalue weighted by molar-refractivity contribution is 0.0600. The zero-order valence-electron chi connectivity index (χ0n) is 13.9. The first-order chi connectivity index (χ1) is 12.0. The van der Waals surface area contributed by atoms with E-state index in [2.05, 4.69) is 21.9 Å². The maximum atomic E-state index is 14.4. The molecule has 0 aliphatic rings. The van der Waals surface area contributed by atoms with Gasteiger partial charge in [0, 0.05) is 29.4 Å². The van der Waals surface area contributed by atoms with Gasteiger partial charge in [-0.05, 0) is 36.4 Å². The Bertz CT molecular complexity index is 882. The first kappa shape index (κ1) is 18.2.